The third-order valence-electron chi connectivity index (χ3n) is 6.39. The predicted octanol–water partition coefficient (Wildman–Crippen LogP) is 2.22. The van der Waals surface area contributed by atoms with Crippen LogP contribution in [0.1, 0.15) is 47.5 Å². The first-order valence-corrected chi connectivity index (χ1v) is 12.0. The van der Waals surface area contributed by atoms with Gasteiger partial charge in [-0.3, -0.25) is 4.79 Å². The molecule has 9 heteroatoms. The van der Waals surface area contributed by atoms with Gasteiger partial charge < -0.3 is 10.2 Å². The quantitative estimate of drug-likeness (QED) is 0.779. The van der Waals surface area contributed by atoms with Crippen LogP contribution in [0.5, 0.6) is 0 Å². The molecular weight excluding hydrogens is 414 g/mol. The molecule has 4 rings (SSSR count). The molecular formula is C22H29N5O3S. The van der Waals surface area contributed by atoms with Gasteiger partial charge in [0.2, 0.25) is 15.9 Å². The molecule has 2 aromatic rings. The molecule has 1 fully saturated rings. The van der Waals surface area contributed by atoms with Gasteiger partial charge in [-0.1, -0.05) is 6.07 Å². The smallest absolute Gasteiger partial charge is 0.243 e. The normalized spacial score (nSPS) is 19.4. The second-order valence-electron chi connectivity index (χ2n) is 8.39. The van der Waals surface area contributed by atoms with Crippen LogP contribution in [0.3, 0.4) is 0 Å². The summed E-state index contributed by atoms with van der Waals surface area (Å²) >= 11 is 0. The Balaban J connectivity index is 1.58. The van der Waals surface area contributed by atoms with Crippen LogP contribution in [0.2, 0.25) is 0 Å². The summed E-state index contributed by atoms with van der Waals surface area (Å²) in [5, 5.41) is 3.14. The van der Waals surface area contributed by atoms with E-state index in [1.165, 1.54) is 0 Å². The monoisotopic (exact) mass is 443 g/mol. The number of sulfonamides is 1. The SMILES string of the molecule is CNc1nc(C2CCN(S(=O)(=O)c3ccc(C)c(C)c3)C2)nc2c1CN(C(C)=O)CC2. The highest BCUT2D eigenvalue weighted by Crippen LogP contribution is 2.32. The van der Waals surface area contributed by atoms with Gasteiger partial charge in [-0.2, -0.15) is 4.31 Å². The van der Waals surface area contributed by atoms with E-state index in [0.29, 0.717) is 49.7 Å². The second-order valence-corrected chi connectivity index (χ2v) is 10.3. The Bertz CT molecular complexity index is 1110. The van der Waals surface area contributed by atoms with E-state index >= 15 is 0 Å². The number of aromatic nitrogens is 2. The summed E-state index contributed by atoms with van der Waals surface area (Å²) in [6.45, 7) is 7.43. The van der Waals surface area contributed by atoms with Crippen LogP contribution in [0.15, 0.2) is 23.1 Å². The van der Waals surface area contributed by atoms with Crippen LogP contribution in [0, 0.1) is 13.8 Å². The first kappa shape index (κ1) is 21.7. The fraction of sp³-hybridized carbons (Fsp3) is 0.500. The van der Waals surface area contributed by atoms with Gasteiger partial charge in [0.05, 0.1) is 17.1 Å². The van der Waals surface area contributed by atoms with Gasteiger partial charge in [0.1, 0.15) is 11.6 Å². The van der Waals surface area contributed by atoms with Gasteiger partial charge >= 0.3 is 0 Å². The highest BCUT2D eigenvalue weighted by Gasteiger charge is 2.35. The van der Waals surface area contributed by atoms with Crippen LogP contribution in [-0.4, -0.2) is 60.2 Å². The van der Waals surface area contributed by atoms with Gasteiger partial charge in [0, 0.05) is 51.5 Å². The summed E-state index contributed by atoms with van der Waals surface area (Å²) in [7, 11) is -1.74. The maximum Gasteiger partial charge on any atom is 0.243 e. The van der Waals surface area contributed by atoms with Crippen LogP contribution in [0.25, 0.3) is 0 Å². The minimum atomic E-state index is -3.55. The molecule has 1 unspecified atom stereocenters. The molecule has 0 spiro atoms. The first-order valence-electron chi connectivity index (χ1n) is 10.6. The summed E-state index contributed by atoms with van der Waals surface area (Å²) in [5.74, 6) is 1.39. The largest absolute Gasteiger partial charge is 0.373 e. The van der Waals surface area contributed by atoms with Crippen molar-refractivity contribution in [1.29, 1.82) is 0 Å². The van der Waals surface area contributed by atoms with Gasteiger partial charge in [0.25, 0.3) is 0 Å². The third kappa shape index (κ3) is 4.04. The van der Waals surface area contributed by atoms with Crippen LogP contribution < -0.4 is 5.32 Å². The van der Waals surface area contributed by atoms with Gasteiger partial charge in [-0.05, 0) is 43.5 Å². The lowest BCUT2D eigenvalue weighted by molar-refractivity contribution is -0.129. The van der Waals surface area contributed by atoms with Crippen molar-refractivity contribution in [2.75, 3.05) is 32.0 Å². The van der Waals surface area contributed by atoms with E-state index in [4.69, 9.17) is 9.97 Å². The van der Waals surface area contributed by atoms with E-state index in [9.17, 15) is 13.2 Å². The molecule has 3 heterocycles. The third-order valence-corrected chi connectivity index (χ3v) is 8.25. The molecule has 0 saturated carbocycles. The lowest BCUT2D eigenvalue weighted by atomic mass is 10.0. The fourth-order valence-electron chi connectivity index (χ4n) is 4.27. The average molecular weight is 444 g/mol. The van der Waals surface area contributed by atoms with Crippen LogP contribution in [0.4, 0.5) is 5.82 Å². The predicted molar refractivity (Wildman–Crippen MR) is 118 cm³/mol. The standard InChI is InChI=1S/C22H29N5O3S/c1-14-5-6-18(11-15(14)2)31(29,30)27-10-7-17(12-27)21-24-20-8-9-26(16(3)28)13-19(20)22(23-4)25-21/h5-6,11,17H,7-10,12-13H2,1-4H3,(H,23,24,25). The van der Waals surface area contributed by atoms with Crippen molar-refractivity contribution in [2.24, 2.45) is 0 Å². The molecule has 0 radical (unpaired) electrons. The zero-order valence-corrected chi connectivity index (χ0v) is 19.3. The number of carbonyl (C=O) groups is 1. The van der Waals surface area contributed by atoms with E-state index in [-0.39, 0.29) is 11.8 Å². The van der Waals surface area contributed by atoms with Crippen molar-refractivity contribution in [1.82, 2.24) is 19.2 Å². The van der Waals surface area contributed by atoms with Crippen molar-refractivity contribution in [3.8, 4) is 0 Å². The second kappa shape index (κ2) is 8.20. The lowest BCUT2D eigenvalue weighted by Gasteiger charge is -2.29. The lowest BCUT2D eigenvalue weighted by Crippen LogP contribution is -2.35. The molecule has 1 aromatic carbocycles. The molecule has 8 nitrogen and oxygen atoms in total. The van der Waals surface area contributed by atoms with Crippen molar-refractivity contribution < 1.29 is 13.2 Å². The molecule has 2 aliphatic rings. The summed E-state index contributed by atoms with van der Waals surface area (Å²) in [4.78, 5) is 23.4. The number of hydrogen-bond donors (Lipinski definition) is 1. The number of hydrogen-bond acceptors (Lipinski definition) is 6. The number of benzene rings is 1. The highest BCUT2D eigenvalue weighted by atomic mass is 32.2. The van der Waals surface area contributed by atoms with Gasteiger partial charge in [0.15, 0.2) is 0 Å². The summed E-state index contributed by atoms with van der Waals surface area (Å²) in [5.41, 5.74) is 3.93. The maximum atomic E-state index is 13.2. The minimum Gasteiger partial charge on any atom is -0.373 e. The Morgan fingerprint density at radius 3 is 2.61 bits per heavy atom. The molecule has 2 aliphatic heterocycles. The molecule has 1 amide bonds. The number of anilines is 1. The number of aryl methyl sites for hydroxylation is 2. The molecule has 1 aromatic heterocycles. The zero-order valence-electron chi connectivity index (χ0n) is 18.5. The zero-order chi connectivity index (χ0) is 22.3. The van der Waals surface area contributed by atoms with E-state index in [1.54, 1.807) is 28.3 Å². The van der Waals surface area contributed by atoms with E-state index < -0.39 is 10.0 Å². The minimum absolute atomic E-state index is 0.0414. The van der Waals surface area contributed by atoms with Gasteiger partial charge in [-0.25, -0.2) is 18.4 Å². The Morgan fingerprint density at radius 1 is 1.16 bits per heavy atom. The summed E-state index contributed by atoms with van der Waals surface area (Å²) in [6, 6.07) is 5.28. The number of carbonyl (C=O) groups excluding carboxylic acids is 1. The number of nitrogens with zero attached hydrogens (tertiary/aromatic N) is 4. The van der Waals surface area contributed by atoms with E-state index in [1.807, 2.05) is 27.0 Å². The molecule has 1 N–H and O–H groups in total. The summed E-state index contributed by atoms with van der Waals surface area (Å²) < 4.78 is 27.9. The number of amides is 1. The van der Waals surface area contributed by atoms with Crippen molar-refractivity contribution in [2.45, 2.75) is 51.0 Å². The summed E-state index contributed by atoms with van der Waals surface area (Å²) in [6.07, 6.45) is 1.36. The fourth-order valence-corrected chi connectivity index (χ4v) is 5.86. The van der Waals surface area contributed by atoms with Crippen LogP contribution in [-0.2, 0) is 27.8 Å². The Kier molecular flexibility index (Phi) is 5.74. The molecule has 1 atom stereocenters. The van der Waals surface area contributed by atoms with Crippen molar-refractivity contribution in [3.05, 3.63) is 46.4 Å². The Morgan fingerprint density at radius 2 is 1.94 bits per heavy atom. The molecule has 31 heavy (non-hydrogen) atoms. The molecule has 166 valence electrons. The average Bonchev–Trinajstić information content (AvgIpc) is 3.25. The van der Waals surface area contributed by atoms with E-state index in [0.717, 1.165) is 28.2 Å². The number of rotatable bonds is 4. The van der Waals surface area contributed by atoms with Gasteiger partial charge in [-0.15, -0.1) is 0 Å². The van der Waals surface area contributed by atoms with E-state index in [2.05, 4.69) is 5.32 Å². The molecule has 1 saturated heterocycles. The van der Waals surface area contributed by atoms with Crippen LogP contribution >= 0.6 is 0 Å². The van der Waals surface area contributed by atoms with Crippen molar-refractivity contribution >= 4 is 21.7 Å². The molecule has 0 bridgehead atoms. The topological polar surface area (TPSA) is 95.5 Å². The number of nitrogens with one attached hydrogen (secondary N) is 1. The molecule has 0 aliphatic carbocycles. The number of fused-ring (bicyclic) bond motifs is 1. The maximum absolute atomic E-state index is 13.2. The Hall–Kier alpha value is -2.52. The Labute approximate surface area is 183 Å². The highest BCUT2D eigenvalue weighted by molar-refractivity contribution is 7.89. The van der Waals surface area contributed by atoms with Crippen molar-refractivity contribution in [3.63, 3.8) is 0 Å². The first-order chi connectivity index (χ1) is 14.7.